The van der Waals surface area contributed by atoms with Gasteiger partial charge in [0.25, 0.3) is 0 Å². The maximum absolute atomic E-state index is 9.42. The molecule has 4 heteroatoms. The zero-order valence-corrected chi connectivity index (χ0v) is 11.1. The normalized spacial score (nSPS) is 10.1. The molecule has 0 saturated heterocycles. The van der Waals surface area contributed by atoms with Crippen LogP contribution in [0.2, 0.25) is 0 Å². The predicted octanol–water partition coefficient (Wildman–Crippen LogP) is 4.37. The van der Waals surface area contributed by atoms with Gasteiger partial charge in [0.15, 0.2) is 0 Å². The van der Waals surface area contributed by atoms with Gasteiger partial charge < -0.3 is 14.6 Å². The number of pyridine rings is 1. The van der Waals surface area contributed by atoms with Crippen LogP contribution < -0.4 is 9.47 Å². The van der Waals surface area contributed by atoms with Crippen molar-refractivity contribution in [1.29, 1.82) is 0 Å². The van der Waals surface area contributed by atoms with E-state index >= 15 is 0 Å². The van der Waals surface area contributed by atoms with Gasteiger partial charge in [-0.05, 0) is 24.3 Å². The molecule has 104 valence electrons. The monoisotopic (exact) mass is 279 g/mol. The van der Waals surface area contributed by atoms with Crippen LogP contribution in [0.25, 0.3) is 0 Å². The van der Waals surface area contributed by atoms with E-state index in [-0.39, 0.29) is 5.75 Å². The third kappa shape index (κ3) is 3.51. The molecule has 0 aliphatic rings. The standard InChI is InChI=1S/C17H13NO3/c19-13-6-4-9-15(12-13)21-17-11-5-10-16(18-17)20-14-7-2-1-3-8-14/h1-12,19H. The molecule has 0 amide bonds. The van der Waals surface area contributed by atoms with Crippen molar-refractivity contribution >= 4 is 0 Å². The number of phenols is 1. The van der Waals surface area contributed by atoms with E-state index in [1.54, 1.807) is 36.4 Å². The Morgan fingerprint density at radius 1 is 0.667 bits per heavy atom. The third-order valence-electron chi connectivity index (χ3n) is 2.70. The molecule has 0 spiro atoms. The van der Waals surface area contributed by atoms with Crippen LogP contribution in [0.3, 0.4) is 0 Å². The third-order valence-corrected chi connectivity index (χ3v) is 2.70. The zero-order valence-electron chi connectivity index (χ0n) is 11.1. The number of aromatic hydroxyl groups is 1. The summed E-state index contributed by atoms with van der Waals surface area (Å²) in [5.74, 6) is 2.20. The van der Waals surface area contributed by atoms with Crippen molar-refractivity contribution in [1.82, 2.24) is 4.98 Å². The smallest absolute Gasteiger partial charge is 0.222 e. The second-order valence-electron chi connectivity index (χ2n) is 4.33. The van der Waals surface area contributed by atoms with E-state index < -0.39 is 0 Å². The largest absolute Gasteiger partial charge is 0.508 e. The Hall–Kier alpha value is -3.01. The van der Waals surface area contributed by atoms with Gasteiger partial charge in [-0.25, -0.2) is 0 Å². The number of ether oxygens (including phenoxy) is 2. The highest BCUT2D eigenvalue weighted by Gasteiger charge is 2.03. The molecule has 2 aromatic carbocycles. The second-order valence-corrected chi connectivity index (χ2v) is 4.33. The first-order valence-electron chi connectivity index (χ1n) is 6.46. The fourth-order valence-corrected chi connectivity index (χ4v) is 1.79. The molecule has 3 rings (SSSR count). The predicted molar refractivity (Wildman–Crippen MR) is 78.9 cm³/mol. The molecule has 21 heavy (non-hydrogen) atoms. The Bertz CT molecular complexity index is 729. The molecular formula is C17H13NO3. The van der Waals surface area contributed by atoms with Gasteiger partial charge in [-0.2, -0.15) is 4.98 Å². The number of hydrogen-bond acceptors (Lipinski definition) is 4. The zero-order chi connectivity index (χ0) is 14.5. The minimum absolute atomic E-state index is 0.143. The summed E-state index contributed by atoms with van der Waals surface area (Å²) in [6.45, 7) is 0. The highest BCUT2D eigenvalue weighted by Crippen LogP contribution is 2.26. The van der Waals surface area contributed by atoms with Crippen molar-refractivity contribution in [2.45, 2.75) is 0 Å². The summed E-state index contributed by atoms with van der Waals surface area (Å²) in [7, 11) is 0. The van der Waals surface area contributed by atoms with Crippen LogP contribution in [0.5, 0.6) is 29.0 Å². The average Bonchev–Trinajstić information content (AvgIpc) is 2.49. The topological polar surface area (TPSA) is 51.6 Å². The summed E-state index contributed by atoms with van der Waals surface area (Å²) in [4.78, 5) is 4.27. The van der Waals surface area contributed by atoms with Crippen LogP contribution in [0, 0.1) is 0 Å². The van der Waals surface area contributed by atoms with Gasteiger partial charge in [0.05, 0.1) is 0 Å². The summed E-state index contributed by atoms with van der Waals surface area (Å²) in [6.07, 6.45) is 0. The number of nitrogens with zero attached hydrogens (tertiary/aromatic N) is 1. The van der Waals surface area contributed by atoms with Crippen LogP contribution in [0.4, 0.5) is 0 Å². The summed E-state index contributed by atoms with van der Waals surface area (Å²) in [5, 5.41) is 9.42. The molecular weight excluding hydrogens is 266 g/mol. The van der Waals surface area contributed by atoms with Crippen molar-refractivity contribution in [3.63, 3.8) is 0 Å². The van der Waals surface area contributed by atoms with Crippen molar-refractivity contribution in [2.24, 2.45) is 0 Å². The van der Waals surface area contributed by atoms with Gasteiger partial charge in [0, 0.05) is 18.2 Å². The molecule has 0 radical (unpaired) electrons. The van der Waals surface area contributed by atoms with E-state index in [1.807, 2.05) is 30.3 Å². The molecule has 3 aromatic rings. The number of rotatable bonds is 4. The van der Waals surface area contributed by atoms with Crippen molar-refractivity contribution in [2.75, 3.05) is 0 Å². The van der Waals surface area contributed by atoms with Gasteiger partial charge >= 0.3 is 0 Å². The quantitative estimate of drug-likeness (QED) is 0.770. The number of aromatic nitrogens is 1. The van der Waals surface area contributed by atoms with Crippen molar-refractivity contribution in [3.05, 3.63) is 72.8 Å². The number of hydrogen-bond donors (Lipinski definition) is 1. The van der Waals surface area contributed by atoms with Crippen molar-refractivity contribution < 1.29 is 14.6 Å². The van der Waals surface area contributed by atoms with E-state index in [9.17, 15) is 5.11 Å². The summed E-state index contributed by atoms with van der Waals surface area (Å²) in [6, 6.07) is 21.2. The molecule has 0 bridgehead atoms. The molecule has 1 heterocycles. The Kier molecular flexibility index (Phi) is 3.69. The summed E-state index contributed by atoms with van der Waals surface area (Å²) >= 11 is 0. The van der Waals surface area contributed by atoms with Crippen molar-refractivity contribution in [3.8, 4) is 29.0 Å². The van der Waals surface area contributed by atoms with Gasteiger partial charge in [-0.3, -0.25) is 0 Å². The highest BCUT2D eigenvalue weighted by atomic mass is 16.5. The summed E-state index contributed by atoms with van der Waals surface area (Å²) in [5.41, 5.74) is 0. The molecule has 1 aromatic heterocycles. The first-order chi connectivity index (χ1) is 10.3. The fraction of sp³-hybridized carbons (Fsp3) is 0. The van der Waals surface area contributed by atoms with Gasteiger partial charge in [0.2, 0.25) is 11.8 Å². The number of para-hydroxylation sites is 1. The molecule has 0 aliphatic carbocycles. The molecule has 1 N–H and O–H groups in total. The van der Waals surface area contributed by atoms with E-state index in [0.717, 1.165) is 0 Å². The fourth-order valence-electron chi connectivity index (χ4n) is 1.79. The first-order valence-corrected chi connectivity index (χ1v) is 6.46. The first kappa shape index (κ1) is 13.0. The highest BCUT2D eigenvalue weighted by molar-refractivity contribution is 5.35. The molecule has 4 nitrogen and oxygen atoms in total. The van der Waals surface area contributed by atoms with Crippen LogP contribution >= 0.6 is 0 Å². The lowest BCUT2D eigenvalue weighted by Crippen LogP contribution is -1.91. The number of phenolic OH excluding ortho intramolecular Hbond substituents is 1. The lowest BCUT2D eigenvalue weighted by atomic mass is 10.3. The van der Waals surface area contributed by atoms with Gasteiger partial charge in [0.1, 0.15) is 17.2 Å². The molecule has 0 saturated carbocycles. The second kappa shape index (κ2) is 5.96. The maximum atomic E-state index is 9.42. The molecule has 0 aliphatic heterocycles. The SMILES string of the molecule is Oc1cccc(Oc2cccc(Oc3ccccc3)n2)c1. The van der Waals surface area contributed by atoms with E-state index in [4.69, 9.17) is 9.47 Å². The Labute approximate surface area is 122 Å². The molecule has 0 atom stereocenters. The maximum Gasteiger partial charge on any atom is 0.222 e. The van der Waals surface area contributed by atoms with Gasteiger partial charge in [-0.1, -0.05) is 30.3 Å². The van der Waals surface area contributed by atoms with E-state index in [2.05, 4.69) is 4.98 Å². The Morgan fingerprint density at radius 3 is 2.00 bits per heavy atom. The summed E-state index contributed by atoms with van der Waals surface area (Å²) < 4.78 is 11.2. The van der Waals surface area contributed by atoms with Crippen LogP contribution in [-0.2, 0) is 0 Å². The average molecular weight is 279 g/mol. The van der Waals surface area contributed by atoms with E-state index in [0.29, 0.717) is 23.3 Å². The van der Waals surface area contributed by atoms with Crippen LogP contribution in [0.1, 0.15) is 0 Å². The Balaban J connectivity index is 1.77. The van der Waals surface area contributed by atoms with Gasteiger partial charge in [-0.15, -0.1) is 0 Å². The molecule has 0 fully saturated rings. The lowest BCUT2D eigenvalue weighted by molar-refractivity contribution is 0.422. The Morgan fingerprint density at radius 2 is 1.29 bits per heavy atom. The number of benzene rings is 2. The lowest BCUT2D eigenvalue weighted by Gasteiger charge is -2.08. The van der Waals surface area contributed by atoms with Crippen LogP contribution in [-0.4, -0.2) is 10.1 Å². The minimum Gasteiger partial charge on any atom is -0.508 e. The minimum atomic E-state index is 0.143. The van der Waals surface area contributed by atoms with E-state index in [1.165, 1.54) is 6.07 Å². The molecule has 0 unspecified atom stereocenters. The van der Waals surface area contributed by atoms with Crippen LogP contribution in [0.15, 0.2) is 72.8 Å².